The fourth-order valence-electron chi connectivity index (χ4n) is 1.17. The molecule has 17 heavy (non-hydrogen) atoms. The molecule has 0 saturated heterocycles. The highest BCUT2D eigenvalue weighted by atomic mass is 32.2. The molecule has 0 aromatic carbocycles. The van der Waals surface area contributed by atoms with Crippen molar-refractivity contribution in [2.24, 2.45) is 0 Å². The molecule has 8 heteroatoms. The Kier molecular flexibility index (Phi) is 6.57. The minimum Gasteiger partial charge on any atom is -0.870 e. The summed E-state index contributed by atoms with van der Waals surface area (Å²) in [4.78, 5) is 0. The first-order chi connectivity index (χ1) is 7.57. The number of sulfonamides is 1. The van der Waals surface area contributed by atoms with E-state index < -0.39 is 10.0 Å². The Morgan fingerprint density at radius 1 is 1.41 bits per heavy atom. The maximum atomic E-state index is 11.3. The minimum atomic E-state index is -3.55. The smallest absolute Gasteiger partial charge is 0.245 e. The molecule has 1 aromatic rings. The van der Waals surface area contributed by atoms with E-state index in [9.17, 15) is 8.42 Å². The van der Waals surface area contributed by atoms with Gasteiger partial charge in [-0.3, -0.25) is 0 Å². The quantitative estimate of drug-likeness (QED) is 0.331. The highest BCUT2D eigenvalue weighted by Crippen LogP contribution is 2.01. The fraction of sp³-hybridized carbons (Fsp3) is 0.333. The second-order valence-corrected chi connectivity index (χ2v) is 5.31. The molecule has 94 valence electrons. The van der Waals surface area contributed by atoms with Crippen LogP contribution in [0.15, 0.2) is 24.5 Å². The molecule has 0 aliphatic rings. The normalized spacial score (nSPS) is 10.1. The number of nitrogens with zero attached hydrogens (tertiary/aromatic N) is 2. The molecule has 1 aromatic heterocycles. The van der Waals surface area contributed by atoms with Crippen LogP contribution >= 0.6 is 12.6 Å². The first-order valence-corrected chi connectivity index (χ1v) is 6.83. The number of rotatable bonds is 5. The molecule has 2 N–H and O–H groups in total. The molecule has 6 nitrogen and oxygen atoms in total. The minimum absolute atomic E-state index is 0. The number of aromatic nitrogens is 1. The second-order valence-electron chi connectivity index (χ2n) is 3.14. The average molecular weight is 275 g/mol. The summed E-state index contributed by atoms with van der Waals surface area (Å²) in [6, 6.07) is 3.42. The van der Waals surface area contributed by atoms with E-state index in [0.717, 1.165) is 12.3 Å². The summed E-state index contributed by atoms with van der Waals surface area (Å²) in [5.41, 5.74) is 0.637. The van der Waals surface area contributed by atoms with Crippen LogP contribution in [0.3, 0.4) is 0 Å². The van der Waals surface area contributed by atoms with Crippen LogP contribution < -0.4 is 9.29 Å². The van der Waals surface area contributed by atoms with Gasteiger partial charge in [-0.1, -0.05) is 0 Å². The van der Waals surface area contributed by atoms with Gasteiger partial charge in [0.15, 0.2) is 25.1 Å². The first-order valence-electron chi connectivity index (χ1n) is 4.55. The summed E-state index contributed by atoms with van der Waals surface area (Å²) in [5.74, 6) is 0.528. The molecule has 0 bridgehead atoms. The first kappa shape index (κ1) is 15.7. The molecule has 0 unspecified atom stereocenters. The monoisotopic (exact) mass is 275 g/mol. The molecule has 0 radical (unpaired) electrons. The van der Waals surface area contributed by atoms with Crippen molar-refractivity contribution in [2.75, 3.05) is 5.75 Å². The lowest BCUT2D eigenvalue weighted by molar-refractivity contribution is -0.692. The molecule has 1 heterocycles. The van der Waals surface area contributed by atoms with E-state index in [1.165, 1.54) is 6.19 Å². The Labute approximate surface area is 106 Å². The van der Waals surface area contributed by atoms with Crippen molar-refractivity contribution in [3.63, 3.8) is 0 Å². The highest BCUT2D eigenvalue weighted by Gasteiger charge is 2.11. The molecule has 0 spiro atoms. The van der Waals surface area contributed by atoms with Crippen LogP contribution in [0.2, 0.25) is 0 Å². The van der Waals surface area contributed by atoms with Gasteiger partial charge in [-0.15, -0.1) is 0 Å². The zero-order valence-electron chi connectivity index (χ0n) is 8.94. The van der Waals surface area contributed by atoms with Gasteiger partial charge in [-0.25, -0.2) is 17.7 Å². The van der Waals surface area contributed by atoms with E-state index in [1.54, 1.807) is 29.2 Å². The summed E-state index contributed by atoms with van der Waals surface area (Å²) in [6.07, 6.45) is 4.98. The summed E-state index contributed by atoms with van der Waals surface area (Å²) < 4.78 is 26.2. The number of hydrogen-bond donors (Lipinski definition) is 2. The van der Waals surface area contributed by atoms with Gasteiger partial charge >= 0.3 is 0 Å². The van der Waals surface area contributed by atoms with Gasteiger partial charge in [0.2, 0.25) is 10.0 Å². The standard InChI is InChI=1S/C9H11N3O2S2.H2O/c10-8-11-16(13,14)7-9-1-3-12(4-2-9)5-6-15;/h1-4,11H,5-7H2;1H2. The molecule has 0 aliphatic heterocycles. The SMILES string of the molecule is N#CNS(=O)(=O)Cc1cc[n+](CCS)cc1.[OH-]. The van der Waals surface area contributed by atoms with E-state index in [-0.39, 0.29) is 11.2 Å². The Morgan fingerprint density at radius 2 is 2.00 bits per heavy atom. The number of pyridine rings is 1. The van der Waals surface area contributed by atoms with Crippen molar-refractivity contribution in [3.05, 3.63) is 30.1 Å². The Hall–Kier alpha value is -1.30. The molecule has 0 aliphatic carbocycles. The predicted octanol–water partition coefficient (Wildman–Crippen LogP) is -0.372. The largest absolute Gasteiger partial charge is 0.870 e. The number of nitrogens with one attached hydrogen (secondary N) is 1. The maximum absolute atomic E-state index is 11.3. The molecule has 0 atom stereocenters. The zero-order valence-corrected chi connectivity index (χ0v) is 10.7. The summed E-state index contributed by atoms with van der Waals surface area (Å²) >= 11 is 4.09. The van der Waals surface area contributed by atoms with E-state index >= 15 is 0 Å². The van der Waals surface area contributed by atoms with Gasteiger partial charge in [0.25, 0.3) is 0 Å². The molecule has 0 amide bonds. The summed E-state index contributed by atoms with van der Waals surface area (Å²) in [7, 11) is -3.55. The summed E-state index contributed by atoms with van der Waals surface area (Å²) in [5, 5.41) is 8.24. The van der Waals surface area contributed by atoms with Crippen LogP contribution in [0.25, 0.3) is 0 Å². The van der Waals surface area contributed by atoms with E-state index in [1.807, 2.05) is 4.57 Å². The van der Waals surface area contributed by atoms with Crippen LogP contribution in [-0.4, -0.2) is 19.6 Å². The van der Waals surface area contributed by atoms with Crippen LogP contribution in [0.1, 0.15) is 5.56 Å². The maximum Gasteiger partial charge on any atom is 0.245 e. The Bertz CT molecular complexity index is 479. The zero-order chi connectivity index (χ0) is 12.0. The van der Waals surface area contributed by atoms with Gasteiger partial charge in [0.05, 0.1) is 5.75 Å². The van der Waals surface area contributed by atoms with Crippen LogP contribution in [0.5, 0.6) is 0 Å². The van der Waals surface area contributed by atoms with Crippen molar-refractivity contribution in [2.45, 2.75) is 12.3 Å². The molecule has 1 rings (SSSR count). The third-order valence-corrected chi connectivity index (χ3v) is 3.19. The fourth-order valence-corrected chi connectivity index (χ4v) is 2.25. The van der Waals surface area contributed by atoms with Gasteiger partial charge < -0.3 is 5.48 Å². The van der Waals surface area contributed by atoms with E-state index in [2.05, 4.69) is 12.6 Å². The number of aryl methyl sites for hydroxylation is 1. The van der Waals surface area contributed by atoms with Gasteiger partial charge in [-0.2, -0.15) is 17.9 Å². The third kappa shape index (κ3) is 5.53. The third-order valence-electron chi connectivity index (χ3n) is 1.88. The lowest BCUT2D eigenvalue weighted by Crippen LogP contribution is -2.33. The van der Waals surface area contributed by atoms with E-state index in [4.69, 9.17) is 5.26 Å². The molecular weight excluding hydrogens is 262 g/mol. The average Bonchev–Trinajstić information content (AvgIpc) is 2.21. The highest BCUT2D eigenvalue weighted by molar-refractivity contribution is 7.88. The van der Waals surface area contributed by atoms with Crippen molar-refractivity contribution >= 4 is 22.7 Å². The van der Waals surface area contributed by atoms with Crippen molar-refractivity contribution in [1.82, 2.24) is 4.72 Å². The van der Waals surface area contributed by atoms with Crippen molar-refractivity contribution < 1.29 is 18.5 Å². The number of thiol groups is 1. The van der Waals surface area contributed by atoms with Crippen molar-refractivity contribution in [1.29, 1.82) is 5.26 Å². The molecular formula is C9H13N3O3S2. The van der Waals surface area contributed by atoms with Gasteiger partial charge in [0.1, 0.15) is 0 Å². The lowest BCUT2D eigenvalue weighted by atomic mass is 10.3. The Balaban J connectivity index is 0.00000256. The van der Waals surface area contributed by atoms with Crippen LogP contribution in [0.4, 0.5) is 0 Å². The van der Waals surface area contributed by atoms with Crippen molar-refractivity contribution in [3.8, 4) is 6.19 Å². The van der Waals surface area contributed by atoms with Crippen LogP contribution in [0, 0.1) is 11.5 Å². The summed E-state index contributed by atoms with van der Waals surface area (Å²) in [6.45, 7) is 0.770. The van der Waals surface area contributed by atoms with E-state index in [0.29, 0.717) is 5.56 Å². The lowest BCUT2D eigenvalue weighted by Gasteiger charge is -2.00. The van der Waals surface area contributed by atoms with Gasteiger partial charge in [0, 0.05) is 17.9 Å². The van der Waals surface area contributed by atoms with Crippen LogP contribution in [-0.2, 0) is 22.3 Å². The number of hydrogen-bond acceptors (Lipinski definition) is 5. The topological polar surface area (TPSA) is 104 Å². The predicted molar refractivity (Wildman–Crippen MR) is 63.8 cm³/mol. The second kappa shape index (κ2) is 7.11. The molecule has 0 fully saturated rings. The Morgan fingerprint density at radius 3 is 2.47 bits per heavy atom. The molecule has 0 saturated carbocycles. The van der Waals surface area contributed by atoms with Gasteiger partial charge in [-0.05, 0) is 5.56 Å². The number of nitriles is 1.